The van der Waals surface area contributed by atoms with Crippen molar-refractivity contribution in [1.82, 2.24) is 34.4 Å². The second-order valence-corrected chi connectivity index (χ2v) is 6.42. The number of aryl methyl sites for hydroxylation is 1. The summed E-state index contributed by atoms with van der Waals surface area (Å²) in [5.74, 6) is 2.87. The Morgan fingerprint density at radius 2 is 2.04 bits per heavy atom. The van der Waals surface area contributed by atoms with Gasteiger partial charge in [0.15, 0.2) is 11.6 Å². The Morgan fingerprint density at radius 1 is 1.21 bits per heavy atom. The fourth-order valence-electron chi connectivity index (χ4n) is 3.60. The standard InChI is InChI=1S/C15H21N7O2/c1-10-7-20(8-12-17-18-13(9-24-2)22(10)12)15(23)14-19-16-11-5-3-4-6-21(11)14/h10H,3-9H2,1-2H3/t10-/m0/s1. The molecule has 0 unspecified atom stereocenters. The molecule has 0 aromatic carbocycles. The van der Waals surface area contributed by atoms with Gasteiger partial charge in [0.2, 0.25) is 5.82 Å². The van der Waals surface area contributed by atoms with Crippen LogP contribution in [0.25, 0.3) is 0 Å². The number of nitrogens with zero attached hydrogens (tertiary/aromatic N) is 7. The Balaban J connectivity index is 1.59. The molecular weight excluding hydrogens is 310 g/mol. The molecule has 2 aliphatic heterocycles. The van der Waals surface area contributed by atoms with Crippen molar-refractivity contribution in [3.8, 4) is 0 Å². The van der Waals surface area contributed by atoms with E-state index in [0.29, 0.717) is 25.5 Å². The number of aromatic nitrogens is 6. The van der Waals surface area contributed by atoms with Gasteiger partial charge in [-0.15, -0.1) is 20.4 Å². The fourth-order valence-corrected chi connectivity index (χ4v) is 3.60. The number of amides is 1. The van der Waals surface area contributed by atoms with Gasteiger partial charge in [-0.2, -0.15) is 0 Å². The van der Waals surface area contributed by atoms with E-state index in [1.165, 1.54) is 0 Å². The molecule has 2 aliphatic rings. The van der Waals surface area contributed by atoms with Gasteiger partial charge in [-0.25, -0.2) is 0 Å². The number of hydrogen-bond donors (Lipinski definition) is 0. The molecule has 0 N–H and O–H groups in total. The first-order chi connectivity index (χ1) is 11.7. The van der Waals surface area contributed by atoms with E-state index in [1.807, 2.05) is 4.57 Å². The molecule has 1 atom stereocenters. The molecule has 4 rings (SSSR count). The van der Waals surface area contributed by atoms with Crippen LogP contribution in [0, 0.1) is 0 Å². The van der Waals surface area contributed by atoms with Gasteiger partial charge >= 0.3 is 0 Å². The summed E-state index contributed by atoms with van der Waals surface area (Å²) in [6.45, 7) is 4.33. The number of rotatable bonds is 3. The molecule has 0 spiro atoms. The molecule has 24 heavy (non-hydrogen) atoms. The van der Waals surface area contributed by atoms with Gasteiger partial charge in [0, 0.05) is 26.6 Å². The highest BCUT2D eigenvalue weighted by molar-refractivity contribution is 5.90. The summed E-state index contributed by atoms with van der Waals surface area (Å²) in [5.41, 5.74) is 0. The number of fused-ring (bicyclic) bond motifs is 2. The molecule has 2 aromatic rings. The average molecular weight is 331 g/mol. The summed E-state index contributed by atoms with van der Waals surface area (Å²) in [5, 5.41) is 16.7. The van der Waals surface area contributed by atoms with Crippen LogP contribution in [0.15, 0.2) is 0 Å². The van der Waals surface area contributed by atoms with E-state index in [-0.39, 0.29) is 11.9 Å². The van der Waals surface area contributed by atoms with Gasteiger partial charge in [0.1, 0.15) is 12.4 Å². The number of ether oxygens (including phenoxy) is 1. The Hall–Kier alpha value is -2.29. The lowest BCUT2D eigenvalue weighted by Crippen LogP contribution is -2.42. The second-order valence-electron chi connectivity index (χ2n) is 6.42. The quantitative estimate of drug-likeness (QED) is 0.816. The van der Waals surface area contributed by atoms with Crippen LogP contribution in [0.3, 0.4) is 0 Å². The number of methoxy groups -OCH3 is 1. The third-order valence-corrected chi connectivity index (χ3v) is 4.71. The van der Waals surface area contributed by atoms with E-state index in [2.05, 4.69) is 31.9 Å². The lowest BCUT2D eigenvalue weighted by Gasteiger charge is -2.32. The zero-order chi connectivity index (χ0) is 16.7. The normalized spacial score (nSPS) is 19.9. The Labute approximate surface area is 139 Å². The topological polar surface area (TPSA) is 91.0 Å². The lowest BCUT2D eigenvalue weighted by molar-refractivity contribution is 0.0656. The summed E-state index contributed by atoms with van der Waals surface area (Å²) < 4.78 is 9.20. The van der Waals surface area contributed by atoms with E-state index in [9.17, 15) is 4.79 Å². The molecule has 0 aliphatic carbocycles. The monoisotopic (exact) mass is 331 g/mol. The maximum Gasteiger partial charge on any atom is 0.292 e. The van der Waals surface area contributed by atoms with Gasteiger partial charge in [-0.3, -0.25) is 4.79 Å². The van der Waals surface area contributed by atoms with Crippen LogP contribution >= 0.6 is 0 Å². The molecule has 4 heterocycles. The predicted octanol–water partition coefficient (Wildman–Crippen LogP) is 0.569. The lowest BCUT2D eigenvalue weighted by atomic mass is 10.1. The average Bonchev–Trinajstić information content (AvgIpc) is 3.19. The Morgan fingerprint density at radius 3 is 2.88 bits per heavy atom. The molecule has 0 fully saturated rings. The maximum absolute atomic E-state index is 12.9. The summed E-state index contributed by atoms with van der Waals surface area (Å²) in [4.78, 5) is 14.7. The number of hydrogen-bond acceptors (Lipinski definition) is 6. The van der Waals surface area contributed by atoms with Crippen LogP contribution < -0.4 is 0 Å². The van der Waals surface area contributed by atoms with E-state index in [0.717, 1.165) is 43.3 Å². The van der Waals surface area contributed by atoms with Gasteiger partial charge < -0.3 is 18.8 Å². The van der Waals surface area contributed by atoms with Crippen LogP contribution in [0.4, 0.5) is 0 Å². The summed E-state index contributed by atoms with van der Waals surface area (Å²) in [6.07, 6.45) is 3.07. The van der Waals surface area contributed by atoms with Crippen molar-refractivity contribution in [3.63, 3.8) is 0 Å². The number of carbonyl (C=O) groups excluding carboxylic acids is 1. The Kier molecular flexibility index (Phi) is 3.79. The van der Waals surface area contributed by atoms with E-state index < -0.39 is 0 Å². The first kappa shape index (κ1) is 15.3. The van der Waals surface area contributed by atoms with E-state index >= 15 is 0 Å². The highest BCUT2D eigenvalue weighted by Gasteiger charge is 2.32. The van der Waals surface area contributed by atoms with Crippen LogP contribution in [-0.2, 0) is 30.9 Å². The molecular formula is C15H21N7O2. The molecule has 1 amide bonds. The van der Waals surface area contributed by atoms with Crippen molar-refractivity contribution in [2.45, 2.75) is 51.9 Å². The van der Waals surface area contributed by atoms with Crippen LogP contribution in [0.1, 0.15) is 53.9 Å². The molecule has 9 heteroatoms. The third kappa shape index (κ3) is 2.39. The first-order valence-corrected chi connectivity index (χ1v) is 8.32. The smallest absolute Gasteiger partial charge is 0.292 e. The van der Waals surface area contributed by atoms with Crippen molar-refractivity contribution < 1.29 is 9.53 Å². The van der Waals surface area contributed by atoms with Crippen molar-refractivity contribution in [3.05, 3.63) is 23.3 Å². The predicted molar refractivity (Wildman–Crippen MR) is 83.1 cm³/mol. The molecule has 9 nitrogen and oxygen atoms in total. The van der Waals surface area contributed by atoms with E-state index in [4.69, 9.17) is 4.74 Å². The minimum atomic E-state index is -0.0787. The first-order valence-electron chi connectivity index (χ1n) is 8.32. The van der Waals surface area contributed by atoms with Gasteiger partial charge in [0.05, 0.1) is 12.6 Å². The van der Waals surface area contributed by atoms with Gasteiger partial charge in [-0.1, -0.05) is 0 Å². The Bertz CT molecular complexity index is 766. The van der Waals surface area contributed by atoms with Crippen LogP contribution in [0.2, 0.25) is 0 Å². The summed E-state index contributed by atoms with van der Waals surface area (Å²) >= 11 is 0. The maximum atomic E-state index is 12.9. The van der Waals surface area contributed by atoms with Gasteiger partial charge in [0.25, 0.3) is 5.91 Å². The summed E-state index contributed by atoms with van der Waals surface area (Å²) in [7, 11) is 1.64. The van der Waals surface area contributed by atoms with Crippen molar-refractivity contribution >= 4 is 5.91 Å². The molecule has 0 saturated carbocycles. The third-order valence-electron chi connectivity index (χ3n) is 4.71. The van der Waals surface area contributed by atoms with Crippen molar-refractivity contribution in [2.24, 2.45) is 0 Å². The van der Waals surface area contributed by atoms with Crippen LogP contribution in [0.5, 0.6) is 0 Å². The zero-order valence-electron chi connectivity index (χ0n) is 14.0. The number of carbonyl (C=O) groups is 1. The molecule has 0 radical (unpaired) electrons. The molecule has 128 valence electrons. The molecule has 0 bridgehead atoms. The minimum absolute atomic E-state index is 0.0787. The van der Waals surface area contributed by atoms with Crippen molar-refractivity contribution in [1.29, 1.82) is 0 Å². The highest BCUT2D eigenvalue weighted by atomic mass is 16.5. The minimum Gasteiger partial charge on any atom is -0.377 e. The molecule has 2 aromatic heterocycles. The summed E-state index contributed by atoms with van der Waals surface area (Å²) in [6, 6.07) is 0.0987. The second kappa shape index (κ2) is 5.97. The highest BCUT2D eigenvalue weighted by Crippen LogP contribution is 2.24. The van der Waals surface area contributed by atoms with Gasteiger partial charge in [-0.05, 0) is 19.8 Å². The van der Waals surface area contributed by atoms with Crippen molar-refractivity contribution in [2.75, 3.05) is 13.7 Å². The van der Waals surface area contributed by atoms with Crippen LogP contribution in [-0.4, -0.2) is 54.0 Å². The largest absolute Gasteiger partial charge is 0.377 e. The SMILES string of the molecule is COCc1nnc2n1[C@@H](C)CN(C(=O)c1nnc3n1CCCC3)C2. The zero-order valence-corrected chi connectivity index (χ0v) is 14.0. The van der Waals surface area contributed by atoms with E-state index in [1.54, 1.807) is 12.0 Å². The fraction of sp³-hybridized carbons (Fsp3) is 0.667. The molecule has 0 saturated heterocycles.